The fraction of sp³-hybridized carbons (Fsp3) is 0.438. The Balaban J connectivity index is 1.84. The van der Waals surface area contributed by atoms with E-state index in [0.29, 0.717) is 5.15 Å². The number of hydrogen-bond acceptors (Lipinski definition) is 3. The van der Waals surface area contributed by atoms with Crippen LogP contribution in [-0.2, 0) is 12.1 Å². The van der Waals surface area contributed by atoms with Crippen molar-refractivity contribution in [2.75, 3.05) is 19.6 Å². The predicted octanol–water partition coefficient (Wildman–Crippen LogP) is 2.87. The van der Waals surface area contributed by atoms with Crippen molar-refractivity contribution in [1.29, 1.82) is 0 Å². The van der Waals surface area contributed by atoms with E-state index in [9.17, 15) is 0 Å². The lowest BCUT2D eigenvalue weighted by atomic mass is 9.94. The van der Waals surface area contributed by atoms with Crippen molar-refractivity contribution in [3.8, 4) is 0 Å². The van der Waals surface area contributed by atoms with Crippen LogP contribution < -0.4 is 5.32 Å². The molecule has 0 amide bonds. The van der Waals surface area contributed by atoms with Gasteiger partial charge in [0, 0.05) is 26.2 Å². The molecule has 0 aliphatic carbocycles. The predicted molar refractivity (Wildman–Crippen MR) is 82.8 cm³/mol. The highest BCUT2D eigenvalue weighted by Gasteiger charge is 2.50. The highest BCUT2D eigenvalue weighted by atomic mass is 35.5. The fourth-order valence-corrected chi connectivity index (χ4v) is 3.12. The number of nitrogens with one attached hydrogen (secondary N) is 1. The van der Waals surface area contributed by atoms with E-state index in [-0.39, 0.29) is 5.54 Å². The molecule has 1 saturated heterocycles. The summed E-state index contributed by atoms with van der Waals surface area (Å²) in [5, 5.41) is 4.08. The maximum absolute atomic E-state index is 6.05. The minimum atomic E-state index is 0.0350. The molecule has 0 aromatic carbocycles. The van der Waals surface area contributed by atoms with Gasteiger partial charge in [0.05, 0.1) is 11.2 Å². The van der Waals surface area contributed by atoms with Gasteiger partial charge in [-0.05, 0) is 31.1 Å². The summed E-state index contributed by atoms with van der Waals surface area (Å²) < 4.78 is 0. The molecule has 1 atom stereocenters. The smallest absolute Gasteiger partial charge is 0.129 e. The molecule has 2 aliphatic rings. The molecule has 1 aromatic rings. The van der Waals surface area contributed by atoms with Gasteiger partial charge in [0.15, 0.2) is 0 Å². The Morgan fingerprint density at radius 1 is 1.50 bits per heavy atom. The Morgan fingerprint density at radius 2 is 2.30 bits per heavy atom. The van der Waals surface area contributed by atoms with Crippen molar-refractivity contribution in [2.24, 2.45) is 0 Å². The first-order valence-corrected chi connectivity index (χ1v) is 7.46. The van der Waals surface area contributed by atoms with Gasteiger partial charge in [-0.15, -0.1) is 0 Å². The summed E-state index contributed by atoms with van der Waals surface area (Å²) in [5.41, 5.74) is 3.83. The molecule has 1 fully saturated rings. The third-order valence-corrected chi connectivity index (χ3v) is 4.26. The minimum Gasteiger partial charge on any atom is -0.302 e. The monoisotopic (exact) mass is 289 g/mol. The van der Waals surface area contributed by atoms with E-state index in [4.69, 9.17) is 11.6 Å². The van der Waals surface area contributed by atoms with Crippen molar-refractivity contribution >= 4 is 11.6 Å². The zero-order chi connectivity index (χ0) is 14.2. The Labute approximate surface area is 125 Å². The Kier molecular flexibility index (Phi) is 3.67. The Bertz CT molecular complexity index is 573. The van der Waals surface area contributed by atoms with E-state index in [1.54, 1.807) is 0 Å². The van der Waals surface area contributed by atoms with Gasteiger partial charge in [0.25, 0.3) is 0 Å². The molecule has 0 radical (unpaired) electrons. The van der Waals surface area contributed by atoms with Crippen LogP contribution in [0.1, 0.15) is 25.1 Å². The van der Waals surface area contributed by atoms with Gasteiger partial charge >= 0.3 is 0 Å². The highest BCUT2D eigenvalue weighted by molar-refractivity contribution is 6.29. The van der Waals surface area contributed by atoms with E-state index in [1.807, 2.05) is 6.07 Å². The van der Waals surface area contributed by atoms with Crippen LogP contribution in [0.25, 0.3) is 0 Å². The third kappa shape index (κ3) is 2.53. The van der Waals surface area contributed by atoms with Crippen LogP contribution in [0.15, 0.2) is 35.9 Å². The SMILES string of the molecule is C/C=C\C(=C/C)CN1Cc2ccc(Cl)nc2C2(CN2)C1. The molecule has 20 heavy (non-hydrogen) atoms. The molecule has 1 aromatic heterocycles. The molecule has 1 N–H and O–H groups in total. The van der Waals surface area contributed by atoms with Gasteiger partial charge in [-0.3, -0.25) is 4.90 Å². The summed E-state index contributed by atoms with van der Waals surface area (Å²) in [7, 11) is 0. The molecule has 3 heterocycles. The number of allylic oxidation sites excluding steroid dienone is 2. The minimum absolute atomic E-state index is 0.0350. The molecule has 0 saturated carbocycles. The van der Waals surface area contributed by atoms with Crippen molar-refractivity contribution < 1.29 is 0 Å². The summed E-state index contributed by atoms with van der Waals surface area (Å²) >= 11 is 6.05. The highest BCUT2D eigenvalue weighted by Crippen LogP contribution is 2.38. The third-order valence-electron chi connectivity index (χ3n) is 4.05. The number of halogens is 1. The zero-order valence-electron chi connectivity index (χ0n) is 12.0. The van der Waals surface area contributed by atoms with E-state index in [2.05, 4.69) is 53.3 Å². The van der Waals surface area contributed by atoms with Crippen molar-refractivity contribution in [3.05, 3.63) is 52.3 Å². The van der Waals surface area contributed by atoms with Crippen LogP contribution in [0.4, 0.5) is 0 Å². The average molecular weight is 290 g/mol. The maximum atomic E-state index is 6.05. The van der Waals surface area contributed by atoms with Gasteiger partial charge in [-0.25, -0.2) is 4.98 Å². The van der Waals surface area contributed by atoms with Crippen LogP contribution in [-0.4, -0.2) is 29.5 Å². The van der Waals surface area contributed by atoms with Gasteiger partial charge in [-0.2, -0.15) is 0 Å². The number of hydrogen-bond donors (Lipinski definition) is 1. The standard InChI is InChI=1S/C16H20ClN3/c1-3-5-12(4-2)8-20-9-13-6-7-14(17)19-15(13)16(11-20)10-18-16/h3-7,18H,8-11H2,1-2H3/b5-3-,12-4+. The molecule has 1 spiro atoms. The first kappa shape index (κ1) is 13.8. The number of aromatic nitrogens is 1. The summed E-state index contributed by atoms with van der Waals surface area (Å²) in [5.74, 6) is 0. The quantitative estimate of drug-likeness (QED) is 0.528. The lowest BCUT2D eigenvalue weighted by Gasteiger charge is -2.33. The van der Waals surface area contributed by atoms with Gasteiger partial charge in [0.2, 0.25) is 0 Å². The van der Waals surface area contributed by atoms with Gasteiger partial charge < -0.3 is 5.32 Å². The molecule has 2 aliphatic heterocycles. The summed E-state index contributed by atoms with van der Waals surface area (Å²) in [6.45, 7) is 8.08. The molecule has 3 nitrogen and oxygen atoms in total. The second-order valence-electron chi connectivity index (χ2n) is 5.59. The first-order valence-electron chi connectivity index (χ1n) is 7.08. The number of nitrogens with zero attached hydrogens (tertiary/aromatic N) is 2. The second kappa shape index (κ2) is 5.32. The lowest BCUT2D eigenvalue weighted by molar-refractivity contribution is 0.235. The van der Waals surface area contributed by atoms with Crippen LogP contribution in [0, 0.1) is 0 Å². The van der Waals surface area contributed by atoms with E-state index in [1.165, 1.54) is 11.1 Å². The molecule has 4 heteroatoms. The molecule has 106 valence electrons. The van der Waals surface area contributed by atoms with E-state index < -0.39 is 0 Å². The zero-order valence-corrected chi connectivity index (χ0v) is 12.7. The van der Waals surface area contributed by atoms with Crippen molar-refractivity contribution in [1.82, 2.24) is 15.2 Å². The Hall–Kier alpha value is -1.16. The van der Waals surface area contributed by atoms with Crippen LogP contribution >= 0.6 is 11.6 Å². The number of rotatable bonds is 3. The Morgan fingerprint density at radius 3 is 2.95 bits per heavy atom. The van der Waals surface area contributed by atoms with Crippen molar-refractivity contribution in [3.63, 3.8) is 0 Å². The maximum Gasteiger partial charge on any atom is 0.129 e. The van der Waals surface area contributed by atoms with E-state index >= 15 is 0 Å². The van der Waals surface area contributed by atoms with Crippen LogP contribution in [0.2, 0.25) is 5.15 Å². The molecular formula is C16H20ClN3. The van der Waals surface area contributed by atoms with E-state index in [0.717, 1.165) is 31.9 Å². The summed E-state index contributed by atoms with van der Waals surface area (Å²) in [4.78, 5) is 7.03. The molecular weight excluding hydrogens is 270 g/mol. The van der Waals surface area contributed by atoms with Gasteiger partial charge in [0.1, 0.15) is 5.15 Å². The lowest BCUT2D eigenvalue weighted by Crippen LogP contribution is -2.41. The fourth-order valence-electron chi connectivity index (χ4n) is 2.97. The van der Waals surface area contributed by atoms with Gasteiger partial charge in [-0.1, -0.05) is 35.9 Å². The first-order chi connectivity index (χ1) is 9.66. The number of fused-ring (bicyclic) bond motifs is 2. The molecule has 1 unspecified atom stereocenters. The average Bonchev–Trinajstić information content (AvgIpc) is 3.20. The molecule has 0 bridgehead atoms. The van der Waals surface area contributed by atoms with Crippen LogP contribution in [0.3, 0.4) is 0 Å². The molecule has 3 rings (SSSR count). The normalized spacial score (nSPS) is 26.2. The second-order valence-corrected chi connectivity index (χ2v) is 5.97. The topological polar surface area (TPSA) is 38.1 Å². The number of pyridine rings is 1. The van der Waals surface area contributed by atoms with Crippen molar-refractivity contribution in [2.45, 2.75) is 25.9 Å². The summed E-state index contributed by atoms with van der Waals surface area (Å²) in [6.07, 6.45) is 6.46. The largest absolute Gasteiger partial charge is 0.302 e. The summed E-state index contributed by atoms with van der Waals surface area (Å²) in [6, 6.07) is 4.01. The van der Waals surface area contributed by atoms with Crippen LogP contribution in [0.5, 0.6) is 0 Å².